The van der Waals surface area contributed by atoms with Crippen molar-refractivity contribution < 1.29 is 4.74 Å². The highest BCUT2D eigenvalue weighted by Gasteiger charge is 1.98. The van der Waals surface area contributed by atoms with Crippen LogP contribution in [0.25, 0.3) is 0 Å². The van der Waals surface area contributed by atoms with Crippen molar-refractivity contribution in [2.24, 2.45) is 5.92 Å². The molecule has 0 fully saturated rings. The zero-order chi connectivity index (χ0) is 13.2. The zero-order valence-electron chi connectivity index (χ0n) is 11.6. The Bertz CT molecular complexity index is 331. The summed E-state index contributed by atoms with van der Waals surface area (Å²) in [5.74, 6) is 2.17. The summed E-state index contributed by atoms with van der Waals surface area (Å²) in [5, 5.41) is 6.40. The van der Waals surface area contributed by atoms with Gasteiger partial charge in [0.2, 0.25) is 0 Å². The molecule has 5 heteroatoms. The quantitative estimate of drug-likeness (QED) is 0.661. The Hall–Kier alpha value is -1.36. The minimum absolute atomic E-state index is 0.575. The van der Waals surface area contributed by atoms with Gasteiger partial charge in [-0.25, -0.2) is 4.98 Å². The van der Waals surface area contributed by atoms with E-state index in [1.807, 2.05) is 0 Å². The molecule has 0 aliphatic rings. The van der Waals surface area contributed by atoms with Crippen molar-refractivity contribution in [1.82, 2.24) is 9.97 Å². The van der Waals surface area contributed by atoms with E-state index in [9.17, 15) is 0 Å². The van der Waals surface area contributed by atoms with Crippen LogP contribution in [-0.4, -0.2) is 36.3 Å². The third-order valence-corrected chi connectivity index (χ3v) is 2.19. The molecule has 0 radical (unpaired) electrons. The van der Waals surface area contributed by atoms with E-state index in [2.05, 4.69) is 41.4 Å². The van der Waals surface area contributed by atoms with Crippen LogP contribution >= 0.6 is 0 Å². The minimum atomic E-state index is 0.575. The van der Waals surface area contributed by atoms with E-state index in [0.29, 0.717) is 12.5 Å². The van der Waals surface area contributed by atoms with E-state index in [4.69, 9.17) is 4.74 Å². The molecule has 0 aliphatic heterocycles. The smallest absolute Gasteiger partial charge is 0.147 e. The molecule has 1 heterocycles. The lowest BCUT2D eigenvalue weighted by Crippen LogP contribution is -2.13. The molecule has 5 nitrogen and oxygen atoms in total. The molecule has 2 N–H and O–H groups in total. The zero-order valence-corrected chi connectivity index (χ0v) is 11.6. The summed E-state index contributed by atoms with van der Waals surface area (Å²) in [7, 11) is 0. The van der Waals surface area contributed by atoms with Crippen LogP contribution in [0.15, 0.2) is 12.4 Å². The van der Waals surface area contributed by atoms with Gasteiger partial charge in [0, 0.05) is 19.7 Å². The lowest BCUT2D eigenvalue weighted by Gasteiger charge is -2.09. The van der Waals surface area contributed by atoms with Gasteiger partial charge in [0.1, 0.15) is 11.6 Å². The van der Waals surface area contributed by atoms with E-state index in [0.717, 1.165) is 37.8 Å². The maximum atomic E-state index is 5.49. The molecular weight excluding hydrogens is 228 g/mol. The van der Waals surface area contributed by atoms with Gasteiger partial charge in [-0.15, -0.1) is 0 Å². The van der Waals surface area contributed by atoms with Gasteiger partial charge in [-0.1, -0.05) is 20.8 Å². The fraction of sp³-hybridized carbons (Fsp3) is 0.692. The number of rotatable bonds is 9. The first-order valence-electron chi connectivity index (χ1n) is 6.60. The lowest BCUT2D eigenvalue weighted by atomic mass is 10.2. The van der Waals surface area contributed by atoms with Crippen LogP contribution in [0.2, 0.25) is 0 Å². The van der Waals surface area contributed by atoms with Crippen molar-refractivity contribution in [3.8, 4) is 0 Å². The number of nitrogens with one attached hydrogen (secondary N) is 2. The van der Waals surface area contributed by atoms with Crippen LogP contribution in [0.5, 0.6) is 0 Å². The molecule has 0 saturated heterocycles. The molecule has 0 unspecified atom stereocenters. The second kappa shape index (κ2) is 8.69. The molecular formula is C13H24N4O. The number of anilines is 2. The van der Waals surface area contributed by atoms with Crippen LogP contribution in [0.1, 0.15) is 27.2 Å². The Morgan fingerprint density at radius 1 is 1.17 bits per heavy atom. The number of nitrogens with zero attached hydrogens (tertiary/aromatic N) is 2. The van der Waals surface area contributed by atoms with Gasteiger partial charge in [0.05, 0.1) is 19.0 Å². The first-order valence-corrected chi connectivity index (χ1v) is 6.60. The summed E-state index contributed by atoms with van der Waals surface area (Å²) in [5.41, 5.74) is 0. The van der Waals surface area contributed by atoms with Gasteiger partial charge >= 0.3 is 0 Å². The molecule has 18 heavy (non-hydrogen) atoms. The summed E-state index contributed by atoms with van der Waals surface area (Å²) in [6, 6.07) is 0. The van der Waals surface area contributed by atoms with E-state index in [-0.39, 0.29) is 0 Å². The molecule has 0 saturated carbocycles. The van der Waals surface area contributed by atoms with Crippen molar-refractivity contribution in [1.29, 1.82) is 0 Å². The first-order chi connectivity index (χ1) is 8.72. The molecule has 0 aromatic carbocycles. The third-order valence-electron chi connectivity index (χ3n) is 2.19. The highest BCUT2D eigenvalue weighted by Crippen LogP contribution is 2.06. The minimum Gasteiger partial charge on any atom is -0.379 e. The highest BCUT2D eigenvalue weighted by molar-refractivity contribution is 5.41. The van der Waals surface area contributed by atoms with Gasteiger partial charge in [-0.05, 0) is 12.3 Å². The summed E-state index contributed by atoms with van der Waals surface area (Å²) < 4.78 is 5.49. The van der Waals surface area contributed by atoms with Crippen molar-refractivity contribution in [2.75, 3.05) is 36.9 Å². The van der Waals surface area contributed by atoms with Gasteiger partial charge in [-0.3, -0.25) is 4.98 Å². The largest absolute Gasteiger partial charge is 0.379 e. The average Bonchev–Trinajstić information content (AvgIpc) is 2.36. The van der Waals surface area contributed by atoms with Gasteiger partial charge in [0.25, 0.3) is 0 Å². The molecule has 0 aliphatic carbocycles. The Kier molecular flexibility index (Phi) is 7.10. The predicted octanol–water partition coefficient (Wildman–Crippen LogP) is 2.38. The normalized spacial score (nSPS) is 10.7. The van der Waals surface area contributed by atoms with E-state index < -0.39 is 0 Å². The maximum absolute atomic E-state index is 5.49. The van der Waals surface area contributed by atoms with Crippen molar-refractivity contribution >= 4 is 11.6 Å². The maximum Gasteiger partial charge on any atom is 0.147 e. The van der Waals surface area contributed by atoms with Crippen LogP contribution in [-0.2, 0) is 4.74 Å². The van der Waals surface area contributed by atoms with Gasteiger partial charge in [-0.2, -0.15) is 0 Å². The third kappa shape index (κ3) is 6.39. The Labute approximate surface area is 109 Å². The van der Waals surface area contributed by atoms with E-state index >= 15 is 0 Å². The predicted molar refractivity (Wildman–Crippen MR) is 75.0 cm³/mol. The van der Waals surface area contributed by atoms with Gasteiger partial charge < -0.3 is 15.4 Å². The molecule has 1 rings (SSSR count). The van der Waals surface area contributed by atoms with Crippen molar-refractivity contribution in [3.05, 3.63) is 12.4 Å². The molecule has 0 amide bonds. The monoisotopic (exact) mass is 252 g/mol. The van der Waals surface area contributed by atoms with E-state index in [1.54, 1.807) is 12.4 Å². The molecule has 102 valence electrons. The fourth-order valence-electron chi connectivity index (χ4n) is 1.36. The summed E-state index contributed by atoms with van der Waals surface area (Å²) in [6.07, 6.45) is 4.53. The average molecular weight is 252 g/mol. The van der Waals surface area contributed by atoms with Crippen LogP contribution in [0.4, 0.5) is 11.6 Å². The first kappa shape index (κ1) is 14.7. The highest BCUT2D eigenvalue weighted by atomic mass is 16.5. The number of hydrogen-bond donors (Lipinski definition) is 2. The molecule has 1 aromatic heterocycles. The summed E-state index contributed by atoms with van der Waals surface area (Å²) >= 11 is 0. The fourth-order valence-corrected chi connectivity index (χ4v) is 1.36. The summed E-state index contributed by atoms with van der Waals surface area (Å²) in [4.78, 5) is 8.54. The number of aromatic nitrogens is 2. The topological polar surface area (TPSA) is 59.1 Å². The SMILES string of the molecule is CCCNc1cncc(NCCOCC(C)C)n1. The second-order valence-corrected chi connectivity index (χ2v) is 4.61. The molecule has 1 aromatic rings. The van der Waals surface area contributed by atoms with Crippen molar-refractivity contribution in [3.63, 3.8) is 0 Å². The van der Waals surface area contributed by atoms with Crippen molar-refractivity contribution in [2.45, 2.75) is 27.2 Å². The molecule has 0 spiro atoms. The molecule has 0 bridgehead atoms. The Balaban J connectivity index is 2.24. The van der Waals surface area contributed by atoms with Gasteiger partial charge in [0.15, 0.2) is 0 Å². The van der Waals surface area contributed by atoms with E-state index in [1.165, 1.54) is 0 Å². The second-order valence-electron chi connectivity index (χ2n) is 4.61. The Morgan fingerprint density at radius 3 is 2.44 bits per heavy atom. The van der Waals surface area contributed by atoms with Crippen LogP contribution in [0, 0.1) is 5.92 Å². The molecule has 0 atom stereocenters. The van der Waals surface area contributed by atoms with Crippen LogP contribution in [0.3, 0.4) is 0 Å². The lowest BCUT2D eigenvalue weighted by molar-refractivity contribution is 0.118. The number of ether oxygens (including phenoxy) is 1. The number of hydrogen-bond acceptors (Lipinski definition) is 5. The Morgan fingerprint density at radius 2 is 1.83 bits per heavy atom. The standard InChI is InChI=1S/C13H24N4O/c1-4-5-15-12-8-14-9-13(17-12)16-6-7-18-10-11(2)3/h8-9,11H,4-7,10H2,1-3H3,(H2,15,16,17). The summed E-state index contributed by atoms with van der Waals surface area (Å²) in [6.45, 7) is 9.55. The van der Waals surface area contributed by atoms with Crippen LogP contribution < -0.4 is 10.6 Å².